The van der Waals surface area contributed by atoms with Gasteiger partial charge in [0.25, 0.3) is 0 Å². The first kappa shape index (κ1) is 19.9. The van der Waals surface area contributed by atoms with Crippen molar-refractivity contribution < 1.29 is 8.42 Å². The van der Waals surface area contributed by atoms with Crippen LogP contribution in [0.3, 0.4) is 0 Å². The quantitative estimate of drug-likeness (QED) is 0.621. The molecule has 1 aliphatic rings. The van der Waals surface area contributed by atoms with E-state index < -0.39 is 10.0 Å². The predicted octanol–water partition coefficient (Wildman–Crippen LogP) is 2.88. The number of anilines is 1. The van der Waals surface area contributed by atoms with Crippen LogP contribution in [0.25, 0.3) is 5.82 Å². The monoisotopic (exact) mass is 431 g/mol. The van der Waals surface area contributed by atoms with Crippen molar-refractivity contribution in [2.45, 2.75) is 12.7 Å². The molecule has 1 aromatic carbocycles. The van der Waals surface area contributed by atoms with Gasteiger partial charge in [0.15, 0.2) is 0 Å². The van der Waals surface area contributed by atoms with Crippen molar-refractivity contribution in [3.05, 3.63) is 71.3 Å². The molecule has 7 nitrogen and oxygen atoms in total. The van der Waals surface area contributed by atoms with Gasteiger partial charge in [0, 0.05) is 49.7 Å². The molecule has 152 valence electrons. The molecule has 0 radical (unpaired) electrons. The minimum Gasteiger partial charge on any atom is -0.354 e. The molecule has 0 bridgehead atoms. The van der Waals surface area contributed by atoms with Crippen LogP contribution < -0.4 is 4.90 Å². The van der Waals surface area contributed by atoms with Gasteiger partial charge >= 0.3 is 0 Å². The largest absolute Gasteiger partial charge is 0.354 e. The second-order valence-corrected chi connectivity index (χ2v) is 9.40. The summed E-state index contributed by atoms with van der Waals surface area (Å²) < 4.78 is 29.1. The number of nitrogens with zero attached hydrogens (tertiary/aromatic N) is 5. The lowest BCUT2D eigenvalue weighted by Crippen LogP contribution is -2.49. The maximum atomic E-state index is 12.8. The van der Waals surface area contributed by atoms with Crippen LogP contribution in [0, 0.1) is 6.92 Å². The molecule has 3 heterocycles. The van der Waals surface area contributed by atoms with Crippen molar-refractivity contribution in [1.29, 1.82) is 0 Å². The fourth-order valence-corrected chi connectivity index (χ4v) is 5.16. The standard InChI is InChI=1S/C20H22ClN5O2S/c1-16-22-19(24-7-2-3-8-24)14-20(23-16)25-9-11-26(12-10-25)29(27,28)15-17-5-4-6-18(21)13-17/h2-8,13-14H,9-12,15H2,1H3. The van der Waals surface area contributed by atoms with E-state index in [0.717, 1.165) is 11.6 Å². The maximum absolute atomic E-state index is 12.8. The number of aryl methyl sites for hydroxylation is 1. The first-order chi connectivity index (χ1) is 13.9. The highest BCUT2D eigenvalue weighted by molar-refractivity contribution is 7.88. The Bertz CT molecular complexity index is 1090. The molecule has 0 N–H and O–H groups in total. The molecule has 3 aromatic rings. The highest BCUT2D eigenvalue weighted by atomic mass is 35.5. The molecule has 0 unspecified atom stereocenters. The van der Waals surface area contributed by atoms with Crippen LogP contribution in [-0.2, 0) is 15.8 Å². The van der Waals surface area contributed by atoms with Crippen LogP contribution in [0.4, 0.5) is 5.82 Å². The highest BCUT2D eigenvalue weighted by Crippen LogP contribution is 2.21. The zero-order valence-corrected chi connectivity index (χ0v) is 17.6. The van der Waals surface area contributed by atoms with E-state index in [9.17, 15) is 8.42 Å². The summed E-state index contributed by atoms with van der Waals surface area (Å²) in [5, 5.41) is 0.542. The maximum Gasteiger partial charge on any atom is 0.218 e. The number of benzene rings is 1. The Labute approximate surface area is 175 Å². The lowest BCUT2D eigenvalue weighted by Gasteiger charge is -2.34. The summed E-state index contributed by atoms with van der Waals surface area (Å²) in [6.45, 7) is 3.87. The van der Waals surface area contributed by atoms with E-state index in [1.165, 1.54) is 0 Å². The van der Waals surface area contributed by atoms with Crippen LogP contribution in [0.5, 0.6) is 0 Å². The van der Waals surface area contributed by atoms with Crippen LogP contribution >= 0.6 is 11.6 Å². The van der Waals surface area contributed by atoms with Gasteiger partial charge in [0.2, 0.25) is 10.0 Å². The predicted molar refractivity (Wildman–Crippen MR) is 114 cm³/mol. The van der Waals surface area contributed by atoms with Crippen molar-refractivity contribution in [3.8, 4) is 5.82 Å². The minimum absolute atomic E-state index is 0.0437. The van der Waals surface area contributed by atoms with Crippen molar-refractivity contribution in [3.63, 3.8) is 0 Å². The minimum atomic E-state index is -3.40. The third-order valence-corrected chi connectivity index (χ3v) is 6.96. The number of piperazine rings is 1. The zero-order chi connectivity index (χ0) is 20.4. The fourth-order valence-electron chi connectivity index (χ4n) is 3.44. The van der Waals surface area contributed by atoms with E-state index in [4.69, 9.17) is 11.6 Å². The average Bonchev–Trinajstić information content (AvgIpc) is 3.22. The number of halogens is 1. The lowest BCUT2D eigenvalue weighted by molar-refractivity contribution is 0.383. The topological polar surface area (TPSA) is 71.3 Å². The van der Waals surface area contributed by atoms with Crippen molar-refractivity contribution >= 4 is 27.4 Å². The molecule has 4 rings (SSSR count). The molecule has 1 aliphatic heterocycles. The van der Waals surface area contributed by atoms with Gasteiger partial charge in [-0.2, -0.15) is 4.31 Å². The van der Waals surface area contributed by atoms with Gasteiger partial charge in [0.05, 0.1) is 5.75 Å². The van der Waals surface area contributed by atoms with Gasteiger partial charge in [-0.05, 0) is 36.8 Å². The molecule has 29 heavy (non-hydrogen) atoms. The Kier molecular flexibility index (Phi) is 5.58. The average molecular weight is 432 g/mol. The Morgan fingerprint density at radius 3 is 2.34 bits per heavy atom. The van der Waals surface area contributed by atoms with E-state index >= 15 is 0 Å². The number of rotatable bonds is 5. The Morgan fingerprint density at radius 1 is 0.966 bits per heavy atom. The van der Waals surface area contributed by atoms with E-state index in [2.05, 4.69) is 14.9 Å². The van der Waals surface area contributed by atoms with Crippen molar-refractivity contribution in [1.82, 2.24) is 18.8 Å². The van der Waals surface area contributed by atoms with Crippen LogP contribution in [0.15, 0.2) is 54.9 Å². The normalized spacial score (nSPS) is 15.6. The molecule has 0 atom stereocenters. The van der Waals surface area contributed by atoms with E-state index in [-0.39, 0.29) is 5.75 Å². The van der Waals surface area contributed by atoms with Gasteiger partial charge < -0.3 is 9.47 Å². The van der Waals surface area contributed by atoms with Crippen LogP contribution in [0.2, 0.25) is 5.02 Å². The summed E-state index contributed by atoms with van der Waals surface area (Å²) in [6, 6.07) is 12.8. The molecule has 2 aromatic heterocycles. The van der Waals surface area contributed by atoms with Gasteiger partial charge in [0.1, 0.15) is 17.5 Å². The van der Waals surface area contributed by atoms with E-state index in [1.54, 1.807) is 28.6 Å². The molecule has 0 amide bonds. The SMILES string of the molecule is Cc1nc(N2CCN(S(=O)(=O)Cc3cccc(Cl)c3)CC2)cc(-n2cccc2)n1. The smallest absolute Gasteiger partial charge is 0.218 e. The van der Waals surface area contributed by atoms with Crippen LogP contribution in [-0.4, -0.2) is 53.4 Å². The van der Waals surface area contributed by atoms with Crippen molar-refractivity contribution in [2.24, 2.45) is 0 Å². The number of hydrogen-bond donors (Lipinski definition) is 0. The van der Waals surface area contributed by atoms with Gasteiger partial charge in [-0.3, -0.25) is 0 Å². The summed E-state index contributed by atoms with van der Waals surface area (Å²) in [4.78, 5) is 11.1. The highest BCUT2D eigenvalue weighted by Gasteiger charge is 2.28. The number of hydrogen-bond acceptors (Lipinski definition) is 5. The molecule has 0 aliphatic carbocycles. The van der Waals surface area contributed by atoms with Gasteiger partial charge in [-0.25, -0.2) is 18.4 Å². The molecule has 0 spiro atoms. The fraction of sp³-hybridized carbons (Fsp3) is 0.300. The van der Waals surface area contributed by atoms with Crippen LogP contribution in [0.1, 0.15) is 11.4 Å². The zero-order valence-electron chi connectivity index (χ0n) is 16.1. The summed E-state index contributed by atoms with van der Waals surface area (Å²) in [7, 11) is -3.40. The first-order valence-corrected chi connectivity index (χ1v) is 11.4. The first-order valence-electron chi connectivity index (χ1n) is 9.37. The third-order valence-electron chi connectivity index (χ3n) is 4.87. The van der Waals surface area contributed by atoms with E-state index in [0.29, 0.717) is 42.6 Å². The third kappa shape index (κ3) is 4.60. The van der Waals surface area contributed by atoms with Gasteiger partial charge in [-0.15, -0.1) is 0 Å². The molecule has 1 fully saturated rings. The number of aromatic nitrogens is 3. The van der Waals surface area contributed by atoms with Gasteiger partial charge in [-0.1, -0.05) is 23.7 Å². The molecular weight excluding hydrogens is 410 g/mol. The molecular formula is C20H22ClN5O2S. The molecule has 0 saturated carbocycles. The molecule has 9 heteroatoms. The summed E-state index contributed by atoms with van der Waals surface area (Å²) in [6.07, 6.45) is 3.87. The number of sulfonamides is 1. The summed E-state index contributed by atoms with van der Waals surface area (Å²) in [5.74, 6) is 2.25. The van der Waals surface area contributed by atoms with Crippen molar-refractivity contribution in [2.75, 3.05) is 31.1 Å². The molecule has 1 saturated heterocycles. The Hall–Kier alpha value is -2.42. The second-order valence-electron chi connectivity index (χ2n) is 6.99. The van der Waals surface area contributed by atoms with E-state index in [1.807, 2.05) is 42.1 Å². The summed E-state index contributed by atoms with van der Waals surface area (Å²) >= 11 is 5.98. The lowest BCUT2D eigenvalue weighted by atomic mass is 10.2. The summed E-state index contributed by atoms with van der Waals surface area (Å²) in [5.41, 5.74) is 0.697. The Morgan fingerprint density at radius 2 is 1.66 bits per heavy atom. The second kappa shape index (κ2) is 8.14. The Balaban J connectivity index is 1.45.